The Balaban J connectivity index is 1.39. The average molecular weight is 512 g/mol. The fourth-order valence-corrected chi connectivity index (χ4v) is 4.54. The lowest BCUT2D eigenvalue weighted by Crippen LogP contribution is -2.23. The molecular weight excluding hydrogens is 493 g/mol. The van der Waals surface area contributed by atoms with E-state index in [9.17, 15) is 4.79 Å². The third-order valence-electron chi connectivity index (χ3n) is 5.17. The number of unbranched alkanes of at least 4 members (excludes halogenated alkanes) is 1. The largest absolute Gasteiger partial charge is 0.494 e. The molecule has 34 heavy (non-hydrogen) atoms. The molecule has 0 spiro atoms. The van der Waals surface area contributed by atoms with Gasteiger partial charge in [0.2, 0.25) is 4.96 Å². The molecule has 2 aromatic carbocycles. The normalized spacial score (nSPS) is 12.0. The molecule has 5 aromatic rings. The van der Waals surface area contributed by atoms with Crippen molar-refractivity contribution in [2.24, 2.45) is 0 Å². The molecule has 5 rings (SSSR count). The first-order valence-corrected chi connectivity index (χ1v) is 12.3. The van der Waals surface area contributed by atoms with Crippen LogP contribution < -0.4 is 14.8 Å². The highest BCUT2D eigenvalue weighted by atomic mass is 35.5. The van der Waals surface area contributed by atoms with Crippen LogP contribution in [0.15, 0.2) is 63.8 Å². The maximum Gasteiger partial charge on any atom is 0.291 e. The molecule has 0 bridgehead atoms. The third kappa shape index (κ3) is 4.59. The Kier molecular flexibility index (Phi) is 6.41. The van der Waals surface area contributed by atoms with Crippen LogP contribution in [0.5, 0.6) is 5.75 Å². The van der Waals surface area contributed by atoms with Gasteiger partial charge < -0.3 is 9.15 Å². The summed E-state index contributed by atoms with van der Waals surface area (Å²) in [5, 5.41) is 5.33. The van der Waals surface area contributed by atoms with Crippen LogP contribution in [0.1, 0.15) is 25.5 Å². The Labute approximate surface area is 209 Å². The smallest absolute Gasteiger partial charge is 0.291 e. The van der Waals surface area contributed by atoms with Crippen LogP contribution in [-0.2, 0) is 0 Å². The zero-order valence-corrected chi connectivity index (χ0v) is 20.5. The van der Waals surface area contributed by atoms with E-state index in [1.165, 1.54) is 15.9 Å². The highest BCUT2D eigenvalue weighted by Crippen LogP contribution is 2.29. The minimum absolute atomic E-state index is 0.245. The van der Waals surface area contributed by atoms with Gasteiger partial charge in [-0.1, -0.05) is 47.9 Å². The molecule has 0 fully saturated rings. The molecule has 0 radical (unpaired) electrons. The van der Waals surface area contributed by atoms with E-state index in [0.29, 0.717) is 43.5 Å². The van der Waals surface area contributed by atoms with Gasteiger partial charge in [-0.2, -0.15) is 9.50 Å². The van der Waals surface area contributed by atoms with E-state index in [1.54, 1.807) is 24.3 Å². The van der Waals surface area contributed by atoms with E-state index in [4.69, 9.17) is 32.4 Å². The molecule has 3 heterocycles. The number of halogens is 2. The second kappa shape index (κ2) is 9.62. The van der Waals surface area contributed by atoms with Crippen molar-refractivity contribution in [1.29, 1.82) is 0 Å². The summed E-state index contributed by atoms with van der Waals surface area (Å²) in [7, 11) is 0. The second-order valence-corrected chi connectivity index (χ2v) is 9.43. The highest BCUT2D eigenvalue weighted by molar-refractivity contribution is 7.15. The average Bonchev–Trinajstić information content (AvgIpc) is 3.54. The van der Waals surface area contributed by atoms with Gasteiger partial charge in [-0.05, 0) is 61.0 Å². The Hall–Kier alpha value is -3.13. The highest BCUT2D eigenvalue weighted by Gasteiger charge is 2.13. The van der Waals surface area contributed by atoms with Crippen molar-refractivity contribution in [3.8, 4) is 28.5 Å². The summed E-state index contributed by atoms with van der Waals surface area (Å²) in [4.78, 5) is 17.9. The van der Waals surface area contributed by atoms with Gasteiger partial charge in [-0.25, -0.2) is 0 Å². The molecule has 172 valence electrons. The lowest BCUT2D eigenvalue weighted by molar-refractivity contribution is 0.309. The Morgan fingerprint density at radius 2 is 1.85 bits per heavy atom. The number of fused-ring (bicyclic) bond motifs is 1. The maximum atomic E-state index is 12.9. The molecule has 0 N–H and O–H groups in total. The summed E-state index contributed by atoms with van der Waals surface area (Å²) in [5.74, 6) is 2.47. The van der Waals surface area contributed by atoms with Crippen LogP contribution in [0.2, 0.25) is 10.0 Å². The molecule has 9 heteroatoms. The Morgan fingerprint density at radius 1 is 1.06 bits per heavy atom. The molecule has 0 amide bonds. The number of benzene rings is 2. The van der Waals surface area contributed by atoms with E-state index in [1.807, 2.05) is 36.4 Å². The molecule has 3 aromatic heterocycles. The van der Waals surface area contributed by atoms with E-state index in [-0.39, 0.29) is 5.56 Å². The van der Waals surface area contributed by atoms with Crippen LogP contribution in [0.4, 0.5) is 0 Å². The molecule has 6 nitrogen and oxygen atoms in total. The number of nitrogens with zero attached hydrogens (tertiary/aromatic N) is 3. The summed E-state index contributed by atoms with van der Waals surface area (Å²) < 4.78 is 13.4. The second-order valence-electron chi connectivity index (χ2n) is 7.60. The zero-order valence-electron chi connectivity index (χ0n) is 18.1. The molecular formula is C25H19Cl2N3O3S. The van der Waals surface area contributed by atoms with Crippen molar-refractivity contribution in [2.45, 2.75) is 19.8 Å². The summed E-state index contributed by atoms with van der Waals surface area (Å²) >= 11 is 13.3. The lowest BCUT2D eigenvalue weighted by atomic mass is 10.2. The van der Waals surface area contributed by atoms with Crippen LogP contribution in [-0.4, -0.2) is 21.2 Å². The topological polar surface area (TPSA) is 69.6 Å². The predicted octanol–water partition coefficient (Wildman–Crippen LogP) is 6.11. The predicted molar refractivity (Wildman–Crippen MR) is 136 cm³/mol. The van der Waals surface area contributed by atoms with Crippen molar-refractivity contribution in [2.75, 3.05) is 6.61 Å². The molecule has 0 aliphatic rings. The first-order chi connectivity index (χ1) is 16.5. The van der Waals surface area contributed by atoms with Crippen molar-refractivity contribution in [1.82, 2.24) is 14.6 Å². The number of furan rings is 1. The number of rotatable bonds is 7. The van der Waals surface area contributed by atoms with Crippen LogP contribution >= 0.6 is 34.5 Å². The number of hydrogen-bond donors (Lipinski definition) is 0. The molecule has 0 saturated carbocycles. The van der Waals surface area contributed by atoms with Crippen molar-refractivity contribution >= 4 is 45.6 Å². The monoisotopic (exact) mass is 511 g/mol. The summed E-state index contributed by atoms with van der Waals surface area (Å²) in [6.45, 7) is 2.82. The van der Waals surface area contributed by atoms with Gasteiger partial charge in [-0.15, -0.1) is 5.10 Å². The van der Waals surface area contributed by atoms with Gasteiger partial charge in [0.25, 0.3) is 5.56 Å². The zero-order chi connectivity index (χ0) is 23.7. The quantitative estimate of drug-likeness (QED) is 0.246. The molecule has 0 aliphatic heterocycles. The summed E-state index contributed by atoms with van der Waals surface area (Å²) in [6, 6.07) is 16.5. The van der Waals surface area contributed by atoms with Crippen molar-refractivity contribution in [3.63, 3.8) is 0 Å². The van der Waals surface area contributed by atoms with Gasteiger partial charge in [0.05, 0.1) is 16.7 Å². The van der Waals surface area contributed by atoms with Gasteiger partial charge in [0, 0.05) is 17.2 Å². The molecule has 0 saturated heterocycles. The number of thiazole rings is 1. The first-order valence-electron chi connectivity index (χ1n) is 10.7. The van der Waals surface area contributed by atoms with Gasteiger partial charge in [0.15, 0.2) is 5.82 Å². The SMILES string of the molecule is CCCCOc1ccc(-c2nc3sc(=Cc4ccc(-c5ccc(Cl)c(Cl)c5)o4)c(=O)n3n2)cc1. The fourth-order valence-electron chi connectivity index (χ4n) is 3.35. The molecule has 0 aliphatic carbocycles. The van der Waals surface area contributed by atoms with Crippen LogP contribution in [0.3, 0.4) is 0 Å². The summed E-state index contributed by atoms with van der Waals surface area (Å²) in [6.07, 6.45) is 3.79. The van der Waals surface area contributed by atoms with Gasteiger partial charge in [-0.3, -0.25) is 4.79 Å². The Morgan fingerprint density at radius 3 is 2.59 bits per heavy atom. The van der Waals surface area contributed by atoms with Gasteiger partial charge >= 0.3 is 0 Å². The lowest BCUT2D eigenvalue weighted by Gasteiger charge is -2.05. The Bertz CT molecular complexity index is 1570. The minimum atomic E-state index is -0.245. The van der Waals surface area contributed by atoms with E-state index in [2.05, 4.69) is 17.0 Å². The van der Waals surface area contributed by atoms with Crippen molar-refractivity contribution in [3.05, 3.63) is 85.3 Å². The molecule has 0 atom stereocenters. The summed E-state index contributed by atoms with van der Waals surface area (Å²) in [5.41, 5.74) is 1.37. The van der Waals surface area contributed by atoms with Gasteiger partial charge in [0.1, 0.15) is 21.8 Å². The van der Waals surface area contributed by atoms with E-state index < -0.39 is 0 Å². The fraction of sp³-hybridized carbons (Fsp3) is 0.160. The number of hydrogen-bond acceptors (Lipinski definition) is 6. The third-order valence-corrected chi connectivity index (χ3v) is 6.86. The van der Waals surface area contributed by atoms with Crippen molar-refractivity contribution < 1.29 is 9.15 Å². The number of aromatic nitrogens is 3. The minimum Gasteiger partial charge on any atom is -0.494 e. The standard InChI is InChI=1S/C25H19Cl2N3O3S/c1-2-3-12-32-17-7-4-15(5-8-17)23-28-25-30(29-23)24(31)22(34-25)14-18-9-11-21(33-18)16-6-10-19(26)20(27)13-16/h4-11,13-14H,2-3,12H2,1H3. The van der Waals surface area contributed by atoms with E-state index in [0.717, 1.165) is 29.7 Å². The van der Waals surface area contributed by atoms with Crippen LogP contribution in [0.25, 0.3) is 33.7 Å². The maximum absolute atomic E-state index is 12.9. The van der Waals surface area contributed by atoms with Crippen LogP contribution in [0, 0.1) is 0 Å². The van der Waals surface area contributed by atoms with E-state index >= 15 is 0 Å². The molecule has 0 unspecified atom stereocenters. The first kappa shape index (κ1) is 22.7. The number of ether oxygens (including phenoxy) is 1.